The molecule has 13 nitrogen and oxygen atoms in total. The van der Waals surface area contributed by atoms with E-state index in [0.717, 1.165) is 32.2 Å². The summed E-state index contributed by atoms with van der Waals surface area (Å²) in [6.45, 7) is 7.77. The van der Waals surface area contributed by atoms with Crippen LogP contribution in [0.2, 0.25) is 15.1 Å². The van der Waals surface area contributed by atoms with Crippen LogP contribution in [0.25, 0.3) is 0 Å². The zero-order valence-electron chi connectivity index (χ0n) is 29.0. The van der Waals surface area contributed by atoms with Gasteiger partial charge in [-0.25, -0.2) is 9.78 Å². The number of carbonyl (C=O) groups is 2. The topological polar surface area (TPSA) is 170 Å². The van der Waals surface area contributed by atoms with Crippen LogP contribution in [-0.4, -0.2) is 139 Å². The lowest BCUT2D eigenvalue weighted by Gasteiger charge is -2.44. The largest absolute Gasteiger partial charge is 0.489 e. The van der Waals surface area contributed by atoms with Crippen molar-refractivity contribution in [3.8, 4) is 5.75 Å². The monoisotopic (exact) mass is 781 g/mol. The average Bonchev–Trinajstić information content (AvgIpc) is 3.74. The first-order valence-corrected chi connectivity index (χ1v) is 19.1. The number of nitrogens with one attached hydrogen (secondary N) is 1. The van der Waals surface area contributed by atoms with Crippen molar-refractivity contribution in [2.24, 2.45) is 5.92 Å². The maximum Gasteiger partial charge on any atom is 0.329 e. The Bertz CT molecular complexity index is 1340. The Morgan fingerprint density at radius 1 is 1.12 bits per heavy atom. The first-order valence-electron chi connectivity index (χ1n) is 16.7. The molecule has 50 heavy (non-hydrogen) atoms. The minimum Gasteiger partial charge on any atom is -0.489 e. The maximum atomic E-state index is 12.8. The number of nitrogens with zero attached hydrogens (tertiary/aromatic N) is 4. The Labute approximate surface area is 313 Å². The summed E-state index contributed by atoms with van der Waals surface area (Å²) in [7, 11) is 1.91. The molecular weight excluding hydrogens is 733 g/mol. The fraction of sp³-hybridized carbons (Fsp3) is 0.667. The van der Waals surface area contributed by atoms with Gasteiger partial charge in [-0.1, -0.05) is 55.1 Å². The van der Waals surface area contributed by atoms with Crippen LogP contribution in [0.4, 0.5) is 4.79 Å². The van der Waals surface area contributed by atoms with Gasteiger partial charge in [-0.15, -0.1) is 11.8 Å². The number of thioether (sulfide) groups is 1. The van der Waals surface area contributed by atoms with Crippen molar-refractivity contribution in [3.05, 3.63) is 45.9 Å². The zero-order chi connectivity index (χ0) is 37.1. The molecule has 9 atom stereocenters. The van der Waals surface area contributed by atoms with Gasteiger partial charge in [0.2, 0.25) is 5.91 Å². The molecule has 0 saturated carbocycles. The fourth-order valence-corrected chi connectivity index (χ4v) is 7.77. The molecule has 2 aliphatic heterocycles. The second kappa shape index (κ2) is 20.4. The van der Waals surface area contributed by atoms with E-state index in [1.807, 2.05) is 18.9 Å². The van der Waals surface area contributed by atoms with E-state index in [9.17, 15) is 30.0 Å². The summed E-state index contributed by atoms with van der Waals surface area (Å²) in [5.41, 5.74) is -0.755. The molecule has 5 N–H and O–H groups in total. The molecule has 0 bridgehead atoms. The third-order valence-corrected chi connectivity index (χ3v) is 10.4. The van der Waals surface area contributed by atoms with E-state index >= 15 is 0 Å². The summed E-state index contributed by atoms with van der Waals surface area (Å²) in [5, 5.41) is 44.7. The van der Waals surface area contributed by atoms with Crippen molar-refractivity contribution in [2.45, 2.75) is 94.5 Å². The van der Waals surface area contributed by atoms with Crippen LogP contribution < -0.4 is 10.1 Å². The summed E-state index contributed by atoms with van der Waals surface area (Å²) in [4.78, 5) is 32.8. The highest BCUT2D eigenvalue weighted by atomic mass is 35.5. The SMILES string of the molecule is CCCN(CCOc1c(Cl)cc(Cl)cc1Cl)C(=O)n1ccnc1.CCC[C@@H]1C[C@@H](C(=O)N[C@@H]([C@H]2O[C@H](SC)[C@H](O)[C@@H](O)[C@H]2O)[C@@H](C)O)N(C)C1. The first kappa shape index (κ1) is 42.6. The third-order valence-electron chi connectivity index (χ3n) is 8.72. The van der Waals surface area contributed by atoms with E-state index in [1.165, 1.54) is 29.6 Å². The Balaban J connectivity index is 0.000000274. The number of aliphatic hydroxyl groups is 4. The Morgan fingerprint density at radius 2 is 1.80 bits per heavy atom. The number of halogens is 3. The number of hydrogen-bond donors (Lipinski definition) is 5. The van der Waals surface area contributed by atoms with Crippen molar-refractivity contribution >= 4 is 58.5 Å². The van der Waals surface area contributed by atoms with Gasteiger partial charge in [0.1, 0.15) is 42.8 Å². The number of aromatic nitrogens is 2. The number of imidazole rings is 1. The van der Waals surface area contributed by atoms with Crippen LogP contribution in [0.3, 0.4) is 0 Å². The minimum absolute atomic E-state index is 0.152. The van der Waals surface area contributed by atoms with Crippen LogP contribution in [-0.2, 0) is 9.53 Å². The fourth-order valence-electron chi connectivity index (χ4n) is 6.17. The summed E-state index contributed by atoms with van der Waals surface area (Å²) in [6.07, 6.45) is 3.98. The van der Waals surface area contributed by atoms with Gasteiger partial charge in [0.15, 0.2) is 5.75 Å². The third kappa shape index (κ3) is 11.3. The van der Waals surface area contributed by atoms with Crippen LogP contribution in [0.5, 0.6) is 5.75 Å². The number of rotatable bonds is 13. The van der Waals surface area contributed by atoms with E-state index in [-0.39, 0.29) is 24.6 Å². The van der Waals surface area contributed by atoms with Crippen LogP contribution in [0.15, 0.2) is 30.9 Å². The number of amides is 2. The van der Waals surface area contributed by atoms with Gasteiger partial charge >= 0.3 is 6.03 Å². The number of likely N-dealkylation sites (N-methyl/N-ethyl adjacent to an activating group) is 1. The van der Waals surface area contributed by atoms with E-state index in [4.69, 9.17) is 44.3 Å². The van der Waals surface area contributed by atoms with Crippen LogP contribution >= 0.6 is 46.6 Å². The molecule has 17 heteroatoms. The lowest BCUT2D eigenvalue weighted by Crippen LogP contribution is -2.65. The van der Waals surface area contributed by atoms with Crippen molar-refractivity contribution in [3.63, 3.8) is 0 Å². The highest BCUT2D eigenvalue weighted by Crippen LogP contribution is 2.36. The Kier molecular flexibility index (Phi) is 17.4. The maximum absolute atomic E-state index is 12.8. The molecule has 2 amide bonds. The highest BCUT2D eigenvalue weighted by molar-refractivity contribution is 7.99. The molecule has 3 heterocycles. The smallest absolute Gasteiger partial charge is 0.329 e. The first-order chi connectivity index (χ1) is 23.7. The van der Waals surface area contributed by atoms with Gasteiger partial charge in [-0.3, -0.25) is 14.3 Å². The van der Waals surface area contributed by atoms with Gasteiger partial charge in [0.25, 0.3) is 0 Å². The van der Waals surface area contributed by atoms with Crippen molar-refractivity contribution < 1.29 is 39.5 Å². The second-order valence-electron chi connectivity index (χ2n) is 12.6. The van der Waals surface area contributed by atoms with Gasteiger partial charge < -0.3 is 40.1 Å². The normalized spacial score (nSPS) is 26.4. The Morgan fingerprint density at radius 3 is 2.36 bits per heavy atom. The molecule has 2 saturated heterocycles. The number of hydrogen-bond acceptors (Lipinski definition) is 11. The van der Waals surface area contributed by atoms with Crippen molar-refractivity contribution in [1.82, 2.24) is 24.7 Å². The zero-order valence-corrected chi connectivity index (χ0v) is 32.1. The lowest BCUT2D eigenvalue weighted by molar-refractivity contribution is -0.211. The molecule has 1 aromatic heterocycles. The second-order valence-corrected chi connectivity index (χ2v) is 14.8. The number of aliphatic hydroxyl groups excluding tert-OH is 4. The average molecular weight is 783 g/mol. The van der Waals surface area contributed by atoms with E-state index in [2.05, 4.69) is 17.2 Å². The quantitative estimate of drug-likeness (QED) is 0.201. The minimum atomic E-state index is -1.42. The van der Waals surface area contributed by atoms with Gasteiger partial charge in [0, 0.05) is 30.5 Å². The van der Waals surface area contributed by atoms with Gasteiger partial charge in [0.05, 0.1) is 34.8 Å². The molecule has 282 valence electrons. The van der Waals surface area contributed by atoms with E-state index < -0.39 is 42.0 Å². The van der Waals surface area contributed by atoms with Crippen molar-refractivity contribution in [1.29, 1.82) is 0 Å². The molecule has 2 aromatic rings. The highest BCUT2D eigenvalue weighted by Gasteiger charge is 2.48. The molecule has 0 unspecified atom stereocenters. The summed E-state index contributed by atoms with van der Waals surface area (Å²) < 4.78 is 12.8. The number of benzene rings is 1. The molecular formula is C33H50Cl3N5O8S. The molecule has 0 spiro atoms. The number of ether oxygens (including phenoxy) is 2. The summed E-state index contributed by atoms with van der Waals surface area (Å²) in [5.74, 6) is 0.610. The molecule has 2 fully saturated rings. The summed E-state index contributed by atoms with van der Waals surface area (Å²) >= 11 is 19.2. The predicted molar refractivity (Wildman–Crippen MR) is 195 cm³/mol. The van der Waals surface area contributed by atoms with E-state index in [0.29, 0.717) is 39.8 Å². The predicted octanol–water partition coefficient (Wildman–Crippen LogP) is 3.75. The Hall–Kier alpha value is -1.85. The number of likely N-dealkylation sites (tertiary alicyclic amines) is 1. The van der Waals surface area contributed by atoms with Gasteiger partial charge in [-0.05, 0) is 57.5 Å². The van der Waals surface area contributed by atoms with Crippen LogP contribution in [0.1, 0.15) is 46.5 Å². The van der Waals surface area contributed by atoms with Crippen LogP contribution in [0, 0.1) is 5.92 Å². The number of carbonyl (C=O) groups excluding carboxylic acids is 2. The molecule has 0 aliphatic carbocycles. The molecule has 2 aliphatic rings. The summed E-state index contributed by atoms with van der Waals surface area (Å²) in [6, 6.07) is 1.77. The van der Waals surface area contributed by atoms with Gasteiger partial charge in [-0.2, -0.15) is 0 Å². The standard InChI is InChI=1S/C18H34N2O6S.C15H16Cl3N3O2/c1-5-6-10-7-11(20(3)8-10)17(25)19-12(9(2)21)16-14(23)13(22)15(24)18(26-16)27-4;1-2-4-20(15(22)21-5-3-19-10-21)6-7-23-14-12(17)8-11(16)9-13(14)18/h9-16,18,21-24H,5-8H2,1-4H3,(H,19,25);3,5,8-10H,2,4,6-7H2,1H3/t9-,10-,11+,12-,13+,14-,15-,16-,18-;/m1./s1. The molecule has 1 aromatic carbocycles. The molecule has 0 radical (unpaired) electrons. The molecule has 4 rings (SSSR count). The van der Waals surface area contributed by atoms with Crippen molar-refractivity contribution in [2.75, 3.05) is 39.5 Å². The lowest BCUT2D eigenvalue weighted by atomic mass is 9.92. The van der Waals surface area contributed by atoms with E-state index in [1.54, 1.807) is 35.7 Å².